The number of methoxy groups -OCH3 is 1. The standard InChI is InChI=1S/C16H19NO5/c1-10(18)22-13-14(16(2)8-21-9-16)17(15(13)19)11-4-6-12(20-3)7-5-11/h4-7,13-14H,8-9H2,1-3H3/t13-,14-/m1/s1. The Morgan fingerprint density at radius 2 is 1.95 bits per heavy atom. The van der Waals surface area contributed by atoms with Crippen LogP contribution in [0.1, 0.15) is 13.8 Å². The number of anilines is 1. The lowest BCUT2D eigenvalue weighted by Gasteiger charge is -2.56. The number of ether oxygens (including phenoxy) is 3. The quantitative estimate of drug-likeness (QED) is 0.621. The summed E-state index contributed by atoms with van der Waals surface area (Å²) in [7, 11) is 1.59. The number of carbonyl (C=O) groups is 2. The Morgan fingerprint density at radius 1 is 1.32 bits per heavy atom. The fourth-order valence-corrected chi connectivity index (χ4v) is 3.06. The van der Waals surface area contributed by atoms with Gasteiger partial charge in [0.1, 0.15) is 5.75 Å². The number of β-lactam (4-membered cyclic amide) rings is 1. The molecule has 6 heteroatoms. The zero-order valence-corrected chi connectivity index (χ0v) is 12.9. The van der Waals surface area contributed by atoms with Crippen LogP contribution in [0.25, 0.3) is 0 Å². The molecule has 6 nitrogen and oxygen atoms in total. The minimum atomic E-state index is -0.728. The summed E-state index contributed by atoms with van der Waals surface area (Å²) < 4.78 is 15.7. The zero-order chi connectivity index (χ0) is 15.9. The minimum absolute atomic E-state index is 0.196. The van der Waals surface area contributed by atoms with Crippen molar-refractivity contribution < 1.29 is 23.8 Å². The second-order valence-electron chi connectivity index (χ2n) is 6.03. The Kier molecular flexibility index (Phi) is 3.56. The maximum Gasteiger partial charge on any atom is 0.303 e. The molecular formula is C16H19NO5. The summed E-state index contributed by atoms with van der Waals surface area (Å²) in [6.45, 7) is 4.46. The fraction of sp³-hybridized carbons (Fsp3) is 0.500. The van der Waals surface area contributed by atoms with Gasteiger partial charge in [-0.25, -0.2) is 0 Å². The second kappa shape index (κ2) is 5.28. The van der Waals surface area contributed by atoms with E-state index in [1.807, 2.05) is 19.1 Å². The van der Waals surface area contributed by atoms with E-state index in [4.69, 9.17) is 14.2 Å². The SMILES string of the molecule is COc1ccc(N2C(=O)[C@H](OC(C)=O)[C@@H]2C2(C)COC2)cc1. The van der Waals surface area contributed by atoms with Gasteiger partial charge in [0.2, 0.25) is 6.10 Å². The van der Waals surface area contributed by atoms with Crippen LogP contribution in [0.5, 0.6) is 5.75 Å². The van der Waals surface area contributed by atoms with Gasteiger partial charge in [-0.15, -0.1) is 0 Å². The first-order valence-electron chi connectivity index (χ1n) is 7.18. The van der Waals surface area contributed by atoms with Crippen molar-refractivity contribution >= 4 is 17.6 Å². The first-order chi connectivity index (χ1) is 10.5. The van der Waals surface area contributed by atoms with Crippen LogP contribution >= 0.6 is 0 Å². The van der Waals surface area contributed by atoms with Gasteiger partial charge in [0.25, 0.3) is 5.91 Å². The lowest BCUT2D eigenvalue weighted by molar-refractivity contribution is -0.182. The van der Waals surface area contributed by atoms with Crippen LogP contribution in [-0.4, -0.2) is 44.3 Å². The van der Waals surface area contributed by atoms with Gasteiger partial charge in [0, 0.05) is 18.0 Å². The molecule has 22 heavy (non-hydrogen) atoms. The highest BCUT2D eigenvalue weighted by molar-refractivity contribution is 6.06. The highest BCUT2D eigenvalue weighted by atomic mass is 16.6. The maximum atomic E-state index is 12.4. The molecular weight excluding hydrogens is 286 g/mol. The van der Waals surface area contributed by atoms with E-state index in [9.17, 15) is 9.59 Å². The van der Waals surface area contributed by atoms with Gasteiger partial charge >= 0.3 is 5.97 Å². The zero-order valence-electron chi connectivity index (χ0n) is 12.9. The third-order valence-electron chi connectivity index (χ3n) is 4.27. The Morgan fingerprint density at radius 3 is 2.41 bits per heavy atom. The topological polar surface area (TPSA) is 65.1 Å². The third kappa shape index (κ3) is 2.23. The average Bonchev–Trinajstić information content (AvgIpc) is 2.48. The number of amides is 1. The summed E-state index contributed by atoms with van der Waals surface area (Å²) in [6, 6.07) is 7.07. The molecule has 0 bridgehead atoms. The molecule has 2 aliphatic heterocycles. The third-order valence-corrected chi connectivity index (χ3v) is 4.27. The van der Waals surface area contributed by atoms with Crippen LogP contribution in [0, 0.1) is 5.41 Å². The average molecular weight is 305 g/mol. The molecule has 1 aromatic carbocycles. The van der Waals surface area contributed by atoms with E-state index in [0.29, 0.717) is 13.2 Å². The van der Waals surface area contributed by atoms with Crippen LogP contribution in [-0.2, 0) is 19.1 Å². The lowest BCUT2D eigenvalue weighted by atomic mass is 9.72. The number of carbonyl (C=O) groups excluding carboxylic acids is 2. The number of rotatable bonds is 4. The van der Waals surface area contributed by atoms with Crippen molar-refractivity contribution in [2.45, 2.75) is 26.0 Å². The Hall–Kier alpha value is -2.08. The van der Waals surface area contributed by atoms with Gasteiger partial charge in [-0.1, -0.05) is 6.92 Å². The van der Waals surface area contributed by atoms with Crippen molar-refractivity contribution in [2.24, 2.45) is 5.41 Å². The molecule has 1 aromatic rings. The number of benzene rings is 1. The monoisotopic (exact) mass is 305 g/mol. The van der Waals surface area contributed by atoms with Crippen LogP contribution in [0.2, 0.25) is 0 Å². The highest BCUT2D eigenvalue weighted by Crippen LogP contribution is 2.44. The Labute approximate surface area is 128 Å². The van der Waals surface area contributed by atoms with Gasteiger partial charge in [0.05, 0.1) is 26.4 Å². The summed E-state index contributed by atoms with van der Waals surface area (Å²) in [5, 5.41) is 0. The van der Waals surface area contributed by atoms with E-state index in [1.54, 1.807) is 24.1 Å². The van der Waals surface area contributed by atoms with E-state index in [1.165, 1.54) is 6.92 Å². The highest BCUT2D eigenvalue weighted by Gasteiger charge is 2.61. The molecule has 2 heterocycles. The number of nitrogens with zero attached hydrogens (tertiary/aromatic N) is 1. The van der Waals surface area contributed by atoms with E-state index >= 15 is 0 Å². The van der Waals surface area contributed by atoms with E-state index in [0.717, 1.165) is 11.4 Å². The smallest absolute Gasteiger partial charge is 0.303 e. The van der Waals surface area contributed by atoms with Gasteiger partial charge in [-0.05, 0) is 24.3 Å². The largest absolute Gasteiger partial charge is 0.497 e. The predicted octanol–water partition coefficient (Wildman–Crippen LogP) is 1.38. The fourth-order valence-electron chi connectivity index (χ4n) is 3.06. The van der Waals surface area contributed by atoms with E-state index < -0.39 is 12.1 Å². The van der Waals surface area contributed by atoms with Crippen LogP contribution in [0.4, 0.5) is 5.69 Å². The van der Waals surface area contributed by atoms with E-state index in [2.05, 4.69) is 0 Å². The molecule has 3 rings (SSSR count). The molecule has 2 atom stereocenters. The molecule has 0 spiro atoms. The molecule has 0 saturated carbocycles. The Bertz CT molecular complexity index is 593. The van der Waals surface area contributed by atoms with Crippen molar-refractivity contribution in [3.8, 4) is 5.75 Å². The van der Waals surface area contributed by atoms with Crippen LogP contribution in [0.15, 0.2) is 24.3 Å². The van der Waals surface area contributed by atoms with Gasteiger partial charge in [-0.2, -0.15) is 0 Å². The molecule has 2 fully saturated rings. The molecule has 0 radical (unpaired) electrons. The molecule has 0 aromatic heterocycles. The molecule has 2 saturated heterocycles. The molecule has 1 amide bonds. The van der Waals surface area contributed by atoms with Gasteiger partial charge < -0.3 is 19.1 Å². The predicted molar refractivity (Wildman–Crippen MR) is 78.7 cm³/mol. The minimum Gasteiger partial charge on any atom is -0.497 e. The normalized spacial score (nSPS) is 26.0. The van der Waals surface area contributed by atoms with Crippen molar-refractivity contribution in [3.63, 3.8) is 0 Å². The van der Waals surface area contributed by atoms with Crippen molar-refractivity contribution in [1.82, 2.24) is 0 Å². The van der Waals surface area contributed by atoms with E-state index in [-0.39, 0.29) is 17.4 Å². The molecule has 118 valence electrons. The summed E-state index contributed by atoms with van der Waals surface area (Å²) in [5.41, 5.74) is 0.570. The molecule has 0 unspecified atom stereocenters. The Balaban J connectivity index is 1.88. The van der Waals surface area contributed by atoms with Crippen molar-refractivity contribution in [2.75, 3.05) is 25.2 Å². The van der Waals surface area contributed by atoms with Crippen LogP contribution in [0.3, 0.4) is 0 Å². The summed E-state index contributed by atoms with van der Waals surface area (Å²) in [4.78, 5) is 25.4. The molecule has 0 N–H and O–H groups in total. The summed E-state index contributed by atoms with van der Waals surface area (Å²) in [6.07, 6.45) is -0.728. The maximum absolute atomic E-state index is 12.4. The molecule has 0 aliphatic carbocycles. The first-order valence-corrected chi connectivity index (χ1v) is 7.18. The summed E-state index contributed by atoms with van der Waals surface area (Å²) in [5.74, 6) is 0.0862. The van der Waals surface area contributed by atoms with Gasteiger partial charge in [-0.3, -0.25) is 9.59 Å². The second-order valence-corrected chi connectivity index (χ2v) is 6.03. The lowest BCUT2D eigenvalue weighted by Crippen LogP contribution is -2.75. The first kappa shape index (κ1) is 14.8. The van der Waals surface area contributed by atoms with Gasteiger partial charge in [0.15, 0.2) is 0 Å². The van der Waals surface area contributed by atoms with Crippen molar-refractivity contribution in [1.29, 1.82) is 0 Å². The number of hydrogen-bond acceptors (Lipinski definition) is 5. The van der Waals surface area contributed by atoms with Crippen molar-refractivity contribution in [3.05, 3.63) is 24.3 Å². The molecule has 2 aliphatic rings. The number of esters is 1. The number of hydrogen-bond donors (Lipinski definition) is 0. The summed E-state index contributed by atoms with van der Waals surface area (Å²) >= 11 is 0. The van der Waals surface area contributed by atoms with Crippen LogP contribution < -0.4 is 9.64 Å².